The highest BCUT2D eigenvalue weighted by molar-refractivity contribution is 5.79. The fraction of sp³-hybridized carbons (Fsp3) is 0.350. The van der Waals surface area contributed by atoms with Crippen molar-refractivity contribution in [2.24, 2.45) is 7.05 Å². The molecule has 0 amide bonds. The summed E-state index contributed by atoms with van der Waals surface area (Å²) in [5, 5.41) is 11.2. The molecule has 3 nitrogen and oxygen atoms in total. The Hall–Kier alpha value is -2.13. The smallest absolute Gasteiger partial charge is 0.189 e. The molecule has 1 aromatic carbocycles. The Labute approximate surface area is 137 Å². The summed E-state index contributed by atoms with van der Waals surface area (Å²) in [6.45, 7) is 6.18. The van der Waals surface area contributed by atoms with E-state index in [1.165, 1.54) is 11.6 Å². The molecule has 0 spiro atoms. The zero-order chi connectivity index (χ0) is 17.0. The molecule has 122 valence electrons. The molecule has 3 heteroatoms. The number of benzene rings is 1. The van der Waals surface area contributed by atoms with E-state index in [2.05, 4.69) is 19.9 Å². The Morgan fingerprint density at radius 2 is 1.96 bits per heavy atom. The van der Waals surface area contributed by atoms with Gasteiger partial charge in [-0.2, -0.15) is 0 Å². The number of aliphatic hydroxyl groups is 1. The summed E-state index contributed by atoms with van der Waals surface area (Å²) < 4.78 is 1.89. The van der Waals surface area contributed by atoms with Gasteiger partial charge in [-0.05, 0) is 45.7 Å². The molecule has 0 aliphatic heterocycles. The number of fused-ring (bicyclic) bond motifs is 1. The number of hydrogen-bond donors (Lipinski definition) is 1. The first-order chi connectivity index (χ1) is 10.9. The summed E-state index contributed by atoms with van der Waals surface area (Å²) in [4.78, 5) is 12.2. The SMILES string of the molecule is CC(C)=CCC/C(C)=C/[C@H](O)c1cc(=O)c2ccccc2n1C. The second kappa shape index (κ2) is 7.42. The van der Waals surface area contributed by atoms with Gasteiger partial charge in [0.15, 0.2) is 5.43 Å². The number of aryl methyl sites for hydroxylation is 1. The van der Waals surface area contributed by atoms with Crippen molar-refractivity contribution in [3.05, 3.63) is 69.5 Å². The molecule has 0 unspecified atom stereocenters. The van der Waals surface area contributed by atoms with Gasteiger partial charge in [0.2, 0.25) is 0 Å². The van der Waals surface area contributed by atoms with Crippen molar-refractivity contribution in [3.63, 3.8) is 0 Å². The summed E-state index contributed by atoms with van der Waals surface area (Å²) in [6.07, 6.45) is 5.12. The molecule has 1 N–H and O–H groups in total. The number of hydrogen-bond acceptors (Lipinski definition) is 2. The number of pyridine rings is 1. The molecule has 1 atom stereocenters. The van der Waals surface area contributed by atoms with Crippen LogP contribution in [0.1, 0.15) is 45.4 Å². The number of aromatic nitrogens is 1. The molecule has 0 aliphatic carbocycles. The lowest BCUT2D eigenvalue weighted by molar-refractivity contribution is 0.218. The number of rotatable bonds is 5. The summed E-state index contributed by atoms with van der Waals surface area (Å²) in [7, 11) is 1.88. The van der Waals surface area contributed by atoms with Crippen LogP contribution in [-0.2, 0) is 7.05 Å². The van der Waals surface area contributed by atoms with Crippen LogP contribution in [-0.4, -0.2) is 9.67 Å². The second-order valence-electron chi connectivity index (χ2n) is 6.29. The Kier molecular flexibility index (Phi) is 5.56. The average molecular weight is 311 g/mol. The van der Waals surface area contributed by atoms with Gasteiger partial charge in [0.05, 0.1) is 11.2 Å². The van der Waals surface area contributed by atoms with Gasteiger partial charge in [-0.3, -0.25) is 4.79 Å². The minimum atomic E-state index is -0.774. The minimum absolute atomic E-state index is 0.0525. The lowest BCUT2D eigenvalue weighted by atomic mass is 10.1. The van der Waals surface area contributed by atoms with E-state index in [4.69, 9.17) is 0 Å². The molecule has 0 saturated heterocycles. The third-order valence-corrected chi connectivity index (χ3v) is 4.03. The fourth-order valence-corrected chi connectivity index (χ4v) is 2.73. The Morgan fingerprint density at radius 3 is 2.65 bits per heavy atom. The molecular formula is C20H25NO2. The monoisotopic (exact) mass is 311 g/mol. The number of aliphatic hydroxyl groups excluding tert-OH is 1. The normalized spacial score (nSPS) is 13.2. The van der Waals surface area contributed by atoms with Crippen LogP contribution in [0, 0.1) is 0 Å². The number of nitrogens with zero attached hydrogens (tertiary/aromatic N) is 1. The Balaban J connectivity index is 2.31. The molecule has 2 aromatic rings. The quantitative estimate of drug-likeness (QED) is 0.838. The van der Waals surface area contributed by atoms with E-state index in [-0.39, 0.29) is 5.43 Å². The van der Waals surface area contributed by atoms with E-state index in [9.17, 15) is 9.90 Å². The number of para-hydroxylation sites is 1. The van der Waals surface area contributed by atoms with Gasteiger partial charge in [0.25, 0.3) is 0 Å². The van der Waals surface area contributed by atoms with Crippen molar-refractivity contribution in [3.8, 4) is 0 Å². The van der Waals surface area contributed by atoms with Crippen LogP contribution in [0.4, 0.5) is 0 Å². The van der Waals surface area contributed by atoms with Crippen molar-refractivity contribution in [2.45, 2.75) is 39.7 Å². The average Bonchev–Trinajstić information content (AvgIpc) is 2.50. The molecule has 0 aliphatic rings. The van der Waals surface area contributed by atoms with Crippen molar-refractivity contribution in [1.82, 2.24) is 4.57 Å². The lowest BCUT2D eigenvalue weighted by Gasteiger charge is -2.15. The van der Waals surface area contributed by atoms with Gasteiger partial charge in [-0.15, -0.1) is 0 Å². The molecule has 0 fully saturated rings. The van der Waals surface area contributed by atoms with E-state index in [1.54, 1.807) is 0 Å². The van der Waals surface area contributed by atoms with Crippen molar-refractivity contribution < 1.29 is 5.11 Å². The van der Waals surface area contributed by atoms with Gasteiger partial charge in [0.1, 0.15) is 6.10 Å². The summed E-state index contributed by atoms with van der Waals surface area (Å²) in [6, 6.07) is 9.01. The molecule has 1 aromatic heterocycles. The Bertz CT molecular complexity index is 808. The third kappa shape index (κ3) is 4.20. The maximum absolute atomic E-state index is 12.2. The predicted molar refractivity (Wildman–Crippen MR) is 96.6 cm³/mol. The van der Waals surface area contributed by atoms with E-state index in [1.807, 2.05) is 48.9 Å². The highest BCUT2D eigenvalue weighted by Crippen LogP contribution is 2.20. The van der Waals surface area contributed by atoms with Crippen molar-refractivity contribution >= 4 is 10.9 Å². The molecule has 2 rings (SSSR count). The van der Waals surface area contributed by atoms with Gasteiger partial charge < -0.3 is 9.67 Å². The maximum Gasteiger partial charge on any atom is 0.189 e. The van der Waals surface area contributed by atoms with Crippen LogP contribution < -0.4 is 5.43 Å². The summed E-state index contributed by atoms with van der Waals surface area (Å²) in [5.74, 6) is 0. The van der Waals surface area contributed by atoms with E-state index in [0.29, 0.717) is 11.1 Å². The van der Waals surface area contributed by atoms with Gasteiger partial charge in [0, 0.05) is 18.5 Å². The Morgan fingerprint density at radius 1 is 1.26 bits per heavy atom. The first-order valence-electron chi connectivity index (χ1n) is 7.97. The van der Waals surface area contributed by atoms with Crippen LogP contribution in [0.2, 0.25) is 0 Å². The summed E-state index contributed by atoms with van der Waals surface area (Å²) in [5.41, 5.74) is 3.83. The highest BCUT2D eigenvalue weighted by Gasteiger charge is 2.12. The zero-order valence-electron chi connectivity index (χ0n) is 14.3. The van der Waals surface area contributed by atoms with Gasteiger partial charge >= 0.3 is 0 Å². The molecule has 0 bridgehead atoms. The summed E-state index contributed by atoms with van der Waals surface area (Å²) >= 11 is 0. The van der Waals surface area contributed by atoms with Crippen molar-refractivity contribution in [2.75, 3.05) is 0 Å². The highest BCUT2D eigenvalue weighted by atomic mass is 16.3. The van der Waals surface area contributed by atoms with E-state index < -0.39 is 6.10 Å². The molecule has 0 saturated carbocycles. The molecule has 23 heavy (non-hydrogen) atoms. The minimum Gasteiger partial charge on any atom is -0.383 e. The standard InChI is InChI=1S/C20H25NO2/c1-14(2)8-7-9-15(3)12-20(23)18-13-19(22)16-10-5-6-11-17(16)21(18)4/h5-6,8,10-13,20,23H,7,9H2,1-4H3/b15-12+/t20-/m0/s1. The van der Waals surface area contributed by atoms with E-state index in [0.717, 1.165) is 23.9 Å². The molecule has 1 heterocycles. The largest absolute Gasteiger partial charge is 0.383 e. The zero-order valence-corrected chi connectivity index (χ0v) is 14.3. The van der Waals surface area contributed by atoms with Gasteiger partial charge in [-0.1, -0.05) is 35.4 Å². The molecular weight excluding hydrogens is 286 g/mol. The maximum atomic E-state index is 12.2. The topological polar surface area (TPSA) is 42.2 Å². The fourth-order valence-electron chi connectivity index (χ4n) is 2.73. The first-order valence-corrected chi connectivity index (χ1v) is 7.97. The van der Waals surface area contributed by atoms with Crippen LogP contribution in [0.3, 0.4) is 0 Å². The van der Waals surface area contributed by atoms with Crippen molar-refractivity contribution in [1.29, 1.82) is 0 Å². The van der Waals surface area contributed by atoms with Gasteiger partial charge in [-0.25, -0.2) is 0 Å². The van der Waals surface area contributed by atoms with Crippen LogP contribution >= 0.6 is 0 Å². The van der Waals surface area contributed by atoms with E-state index >= 15 is 0 Å². The first kappa shape index (κ1) is 17.2. The third-order valence-electron chi connectivity index (χ3n) is 4.03. The van der Waals surface area contributed by atoms with Crippen LogP contribution in [0.5, 0.6) is 0 Å². The second-order valence-corrected chi connectivity index (χ2v) is 6.29. The number of allylic oxidation sites excluding steroid dienone is 3. The van der Waals surface area contributed by atoms with Crippen LogP contribution in [0.15, 0.2) is 58.4 Å². The lowest BCUT2D eigenvalue weighted by Crippen LogP contribution is -2.14. The molecule has 0 radical (unpaired) electrons. The predicted octanol–water partition coefficient (Wildman–Crippen LogP) is 4.26. The van der Waals surface area contributed by atoms with Crippen LogP contribution in [0.25, 0.3) is 10.9 Å².